The molecule has 0 saturated carbocycles. The molecule has 0 bridgehead atoms. The van der Waals surface area contributed by atoms with Crippen LogP contribution in [-0.4, -0.2) is 45.5 Å². The average Bonchev–Trinajstić information content (AvgIpc) is 2.96. The first-order valence-corrected chi connectivity index (χ1v) is 6.53. The summed E-state index contributed by atoms with van der Waals surface area (Å²) in [5.41, 5.74) is -0.196. The zero-order valence-corrected chi connectivity index (χ0v) is 11.8. The standard InChI is InChI=1S/C13H19N3O4/c1-8(2)10-6-9(15-16(10)3)11(17)14-13(12(18)19)4-5-20-7-13/h6,8H,4-5,7H2,1-3H3,(H,14,17)(H,18,19). The van der Waals surface area contributed by atoms with E-state index in [1.807, 2.05) is 13.8 Å². The Morgan fingerprint density at radius 1 is 1.55 bits per heavy atom. The molecule has 0 aliphatic carbocycles. The SMILES string of the molecule is CC(C)c1cc(C(=O)NC2(C(=O)O)CCOC2)nn1C. The Morgan fingerprint density at radius 2 is 2.25 bits per heavy atom. The summed E-state index contributed by atoms with van der Waals surface area (Å²) < 4.78 is 6.74. The van der Waals surface area contributed by atoms with Gasteiger partial charge in [0.25, 0.3) is 5.91 Å². The molecule has 7 heteroatoms. The predicted molar refractivity (Wildman–Crippen MR) is 70.6 cm³/mol. The van der Waals surface area contributed by atoms with Gasteiger partial charge in [-0.3, -0.25) is 9.48 Å². The number of carbonyl (C=O) groups excluding carboxylic acids is 1. The third-order valence-corrected chi connectivity index (χ3v) is 3.52. The lowest BCUT2D eigenvalue weighted by atomic mass is 9.99. The fourth-order valence-electron chi connectivity index (χ4n) is 2.30. The average molecular weight is 281 g/mol. The second-order valence-corrected chi connectivity index (χ2v) is 5.38. The molecule has 1 aliphatic rings. The molecule has 0 aromatic carbocycles. The zero-order valence-electron chi connectivity index (χ0n) is 11.8. The number of nitrogens with one attached hydrogen (secondary N) is 1. The number of hydrogen-bond donors (Lipinski definition) is 2. The third kappa shape index (κ3) is 2.53. The molecule has 1 aromatic rings. The Labute approximate surface area is 116 Å². The van der Waals surface area contributed by atoms with Crippen LogP contribution in [0.1, 0.15) is 42.4 Å². The quantitative estimate of drug-likeness (QED) is 0.839. The molecule has 0 spiro atoms. The minimum Gasteiger partial charge on any atom is -0.479 e. The normalized spacial score (nSPS) is 22.2. The lowest BCUT2D eigenvalue weighted by Crippen LogP contribution is -2.55. The van der Waals surface area contributed by atoms with Gasteiger partial charge in [-0.25, -0.2) is 4.79 Å². The predicted octanol–water partition coefficient (Wildman–Crippen LogP) is 0.517. The summed E-state index contributed by atoms with van der Waals surface area (Å²) in [6, 6.07) is 1.69. The Morgan fingerprint density at radius 3 is 2.70 bits per heavy atom. The molecule has 20 heavy (non-hydrogen) atoms. The summed E-state index contributed by atoms with van der Waals surface area (Å²) in [4.78, 5) is 23.5. The van der Waals surface area contributed by atoms with E-state index in [9.17, 15) is 14.7 Å². The number of carbonyl (C=O) groups is 2. The molecule has 1 saturated heterocycles. The maximum absolute atomic E-state index is 12.2. The molecule has 2 N–H and O–H groups in total. The van der Waals surface area contributed by atoms with Crippen molar-refractivity contribution in [3.8, 4) is 0 Å². The summed E-state index contributed by atoms with van der Waals surface area (Å²) >= 11 is 0. The molecule has 1 fully saturated rings. The van der Waals surface area contributed by atoms with Gasteiger partial charge in [-0.1, -0.05) is 13.8 Å². The number of carboxylic acid groups (broad SMARTS) is 1. The molecular formula is C13H19N3O4. The highest BCUT2D eigenvalue weighted by Gasteiger charge is 2.44. The number of aromatic nitrogens is 2. The first-order chi connectivity index (χ1) is 9.35. The van der Waals surface area contributed by atoms with Gasteiger partial charge in [-0.05, 0) is 12.0 Å². The summed E-state index contributed by atoms with van der Waals surface area (Å²) in [5.74, 6) is -1.33. The molecule has 1 atom stereocenters. The van der Waals surface area contributed by atoms with Crippen molar-refractivity contribution in [1.29, 1.82) is 0 Å². The Kier molecular flexibility index (Phi) is 3.80. The van der Waals surface area contributed by atoms with Crippen LogP contribution in [0.15, 0.2) is 6.07 Å². The third-order valence-electron chi connectivity index (χ3n) is 3.52. The number of nitrogens with zero attached hydrogens (tertiary/aromatic N) is 2. The van der Waals surface area contributed by atoms with Crippen molar-refractivity contribution < 1.29 is 19.4 Å². The first kappa shape index (κ1) is 14.5. The number of aryl methyl sites for hydroxylation is 1. The van der Waals surface area contributed by atoms with Gasteiger partial charge < -0.3 is 15.2 Å². The molecule has 110 valence electrons. The van der Waals surface area contributed by atoms with Crippen molar-refractivity contribution in [2.45, 2.75) is 31.7 Å². The van der Waals surface area contributed by atoms with Crippen LogP contribution in [-0.2, 0) is 16.6 Å². The van der Waals surface area contributed by atoms with Crippen LogP contribution in [0.25, 0.3) is 0 Å². The monoisotopic (exact) mass is 281 g/mol. The Balaban J connectivity index is 2.19. The topological polar surface area (TPSA) is 93.5 Å². The molecular weight excluding hydrogens is 262 g/mol. The van der Waals surface area contributed by atoms with E-state index in [0.717, 1.165) is 5.69 Å². The highest BCUT2D eigenvalue weighted by molar-refractivity contribution is 5.96. The van der Waals surface area contributed by atoms with Crippen molar-refractivity contribution in [2.75, 3.05) is 13.2 Å². The van der Waals surface area contributed by atoms with E-state index in [4.69, 9.17) is 4.74 Å². The van der Waals surface area contributed by atoms with Crippen LogP contribution in [0.3, 0.4) is 0 Å². The Hall–Kier alpha value is -1.89. The van der Waals surface area contributed by atoms with E-state index < -0.39 is 17.4 Å². The molecule has 1 unspecified atom stereocenters. The number of carboxylic acids is 1. The highest BCUT2D eigenvalue weighted by atomic mass is 16.5. The van der Waals surface area contributed by atoms with Gasteiger partial charge in [0, 0.05) is 25.8 Å². The number of aliphatic carboxylic acids is 1. The fraction of sp³-hybridized carbons (Fsp3) is 0.615. The molecule has 2 rings (SSSR count). The second-order valence-electron chi connectivity index (χ2n) is 5.38. The van der Waals surface area contributed by atoms with E-state index in [1.54, 1.807) is 17.8 Å². The number of amides is 1. The first-order valence-electron chi connectivity index (χ1n) is 6.53. The van der Waals surface area contributed by atoms with Crippen molar-refractivity contribution in [3.63, 3.8) is 0 Å². The molecule has 0 radical (unpaired) electrons. The van der Waals surface area contributed by atoms with E-state index in [1.165, 1.54) is 0 Å². The van der Waals surface area contributed by atoms with Crippen LogP contribution in [0, 0.1) is 0 Å². The number of hydrogen-bond acceptors (Lipinski definition) is 4. The van der Waals surface area contributed by atoms with E-state index in [-0.39, 0.29) is 24.6 Å². The van der Waals surface area contributed by atoms with Crippen LogP contribution in [0.5, 0.6) is 0 Å². The van der Waals surface area contributed by atoms with Crippen molar-refractivity contribution in [2.24, 2.45) is 7.05 Å². The van der Waals surface area contributed by atoms with E-state index >= 15 is 0 Å². The van der Waals surface area contributed by atoms with Gasteiger partial charge in [-0.15, -0.1) is 0 Å². The minimum atomic E-state index is -1.34. The molecule has 2 heterocycles. The van der Waals surface area contributed by atoms with Gasteiger partial charge in [-0.2, -0.15) is 5.10 Å². The second kappa shape index (κ2) is 5.24. The minimum absolute atomic E-state index is 0.0159. The lowest BCUT2D eigenvalue weighted by Gasteiger charge is -2.22. The highest BCUT2D eigenvalue weighted by Crippen LogP contribution is 2.20. The molecule has 1 amide bonds. The van der Waals surface area contributed by atoms with Gasteiger partial charge >= 0.3 is 5.97 Å². The number of ether oxygens (including phenoxy) is 1. The Bertz CT molecular complexity index is 530. The van der Waals surface area contributed by atoms with Gasteiger partial charge in [0.15, 0.2) is 5.54 Å². The number of rotatable bonds is 4. The lowest BCUT2D eigenvalue weighted by molar-refractivity contribution is -0.144. The van der Waals surface area contributed by atoms with Gasteiger partial charge in [0.1, 0.15) is 5.69 Å². The summed E-state index contributed by atoms with van der Waals surface area (Å²) in [6.07, 6.45) is 0.262. The van der Waals surface area contributed by atoms with Crippen molar-refractivity contribution >= 4 is 11.9 Å². The molecule has 1 aliphatic heterocycles. The maximum atomic E-state index is 12.2. The zero-order chi connectivity index (χ0) is 14.9. The smallest absolute Gasteiger partial charge is 0.331 e. The summed E-state index contributed by atoms with van der Waals surface area (Å²) in [6.45, 7) is 4.31. The van der Waals surface area contributed by atoms with E-state index in [0.29, 0.717) is 6.61 Å². The van der Waals surface area contributed by atoms with Crippen molar-refractivity contribution in [1.82, 2.24) is 15.1 Å². The van der Waals surface area contributed by atoms with Crippen LogP contribution in [0.4, 0.5) is 0 Å². The van der Waals surface area contributed by atoms with Gasteiger partial charge in [0.05, 0.1) is 6.61 Å². The summed E-state index contributed by atoms with van der Waals surface area (Å²) in [5, 5.41) is 16.0. The maximum Gasteiger partial charge on any atom is 0.331 e. The molecule has 7 nitrogen and oxygen atoms in total. The van der Waals surface area contributed by atoms with Crippen LogP contribution >= 0.6 is 0 Å². The van der Waals surface area contributed by atoms with Crippen molar-refractivity contribution in [3.05, 3.63) is 17.5 Å². The van der Waals surface area contributed by atoms with Crippen LogP contribution < -0.4 is 5.32 Å². The van der Waals surface area contributed by atoms with Crippen LogP contribution in [0.2, 0.25) is 0 Å². The van der Waals surface area contributed by atoms with E-state index in [2.05, 4.69) is 10.4 Å². The largest absolute Gasteiger partial charge is 0.479 e. The fourth-order valence-corrected chi connectivity index (χ4v) is 2.30. The van der Waals surface area contributed by atoms with Gasteiger partial charge in [0.2, 0.25) is 0 Å². The molecule has 1 aromatic heterocycles. The summed E-state index contributed by atoms with van der Waals surface area (Å²) in [7, 11) is 1.76.